The lowest BCUT2D eigenvalue weighted by molar-refractivity contribution is -0.0920. The van der Waals surface area contributed by atoms with Crippen molar-refractivity contribution in [3.63, 3.8) is 0 Å². The molecule has 2 unspecified atom stereocenters. The van der Waals surface area contributed by atoms with E-state index in [2.05, 4.69) is 15.9 Å². The molecule has 0 saturated carbocycles. The molecule has 0 aliphatic carbocycles. The number of nitrogen functional groups attached to an aromatic ring is 1. The van der Waals surface area contributed by atoms with Crippen molar-refractivity contribution in [1.82, 2.24) is 0 Å². The fourth-order valence-electron chi connectivity index (χ4n) is 3.09. The number of hydrogen-bond donors (Lipinski definition) is 1. The van der Waals surface area contributed by atoms with Crippen molar-refractivity contribution in [1.29, 1.82) is 0 Å². The average Bonchev–Trinajstić information content (AvgIpc) is 2.86. The zero-order valence-corrected chi connectivity index (χ0v) is 12.8. The molecule has 2 aliphatic heterocycles. The molecule has 0 bridgehead atoms. The summed E-state index contributed by atoms with van der Waals surface area (Å²) < 4.78 is 12.2. The van der Waals surface area contributed by atoms with Crippen LogP contribution in [0.2, 0.25) is 0 Å². The van der Waals surface area contributed by atoms with Gasteiger partial charge in [0.2, 0.25) is 0 Å². The molecule has 5 heteroatoms. The predicted molar refractivity (Wildman–Crippen MR) is 79.7 cm³/mol. The first kappa shape index (κ1) is 14.0. The zero-order chi connectivity index (χ0) is 14.2. The number of ether oxygens (including phenoxy) is 2. The molecule has 2 aliphatic rings. The highest BCUT2D eigenvalue weighted by atomic mass is 79.9. The van der Waals surface area contributed by atoms with E-state index in [4.69, 9.17) is 15.2 Å². The Kier molecular flexibility index (Phi) is 3.84. The fraction of sp³-hybridized carbons (Fsp3) is 0.533. The van der Waals surface area contributed by atoms with Crippen LogP contribution in [0, 0.1) is 5.92 Å². The minimum absolute atomic E-state index is 0.0195. The number of ketones is 1. The molecule has 0 aromatic heterocycles. The minimum atomic E-state index is -0.247. The van der Waals surface area contributed by atoms with Gasteiger partial charge in [0.05, 0.1) is 12.2 Å². The van der Waals surface area contributed by atoms with Crippen molar-refractivity contribution < 1.29 is 14.3 Å². The van der Waals surface area contributed by atoms with E-state index in [0.29, 0.717) is 24.5 Å². The van der Waals surface area contributed by atoms with E-state index in [0.717, 1.165) is 30.3 Å². The quantitative estimate of drug-likeness (QED) is 0.664. The summed E-state index contributed by atoms with van der Waals surface area (Å²) in [6, 6.07) is 5.44. The second-order valence-electron chi connectivity index (χ2n) is 5.62. The molecule has 2 N–H and O–H groups in total. The van der Waals surface area contributed by atoms with Gasteiger partial charge in [-0.05, 0) is 31.0 Å². The highest BCUT2D eigenvalue weighted by Gasteiger charge is 2.43. The summed E-state index contributed by atoms with van der Waals surface area (Å²) in [5.74, 6) is 0.110. The molecular formula is C15H18BrNO3. The number of anilines is 1. The zero-order valence-electron chi connectivity index (χ0n) is 11.2. The molecule has 1 aromatic rings. The number of rotatable bonds is 2. The van der Waals surface area contributed by atoms with Gasteiger partial charge in [-0.1, -0.05) is 15.9 Å². The summed E-state index contributed by atoms with van der Waals surface area (Å²) in [7, 11) is 0. The van der Waals surface area contributed by atoms with Crippen molar-refractivity contribution in [2.45, 2.75) is 24.9 Å². The molecule has 2 atom stereocenters. The Morgan fingerprint density at radius 2 is 2.25 bits per heavy atom. The molecule has 1 aromatic carbocycles. The SMILES string of the molecule is Nc1cc(Br)ccc1C(=O)C1CCOC2(CCOC2)C1. The fourth-order valence-corrected chi connectivity index (χ4v) is 3.47. The van der Waals surface area contributed by atoms with Gasteiger partial charge in [-0.25, -0.2) is 0 Å². The van der Waals surface area contributed by atoms with Crippen molar-refractivity contribution in [2.24, 2.45) is 5.92 Å². The van der Waals surface area contributed by atoms with Crippen LogP contribution in [-0.2, 0) is 9.47 Å². The van der Waals surface area contributed by atoms with Crippen molar-refractivity contribution in [3.05, 3.63) is 28.2 Å². The van der Waals surface area contributed by atoms with Gasteiger partial charge >= 0.3 is 0 Å². The van der Waals surface area contributed by atoms with Gasteiger partial charge in [-0.3, -0.25) is 4.79 Å². The molecule has 4 nitrogen and oxygen atoms in total. The van der Waals surface area contributed by atoms with Crippen LogP contribution < -0.4 is 5.73 Å². The number of halogens is 1. The molecule has 0 radical (unpaired) electrons. The Labute approximate surface area is 126 Å². The topological polar surface area (TPSA) is 61.6 Å². The van der Waals surface area contributed by atoms with Crippen LogP contribution in [0.5, 0.6) is 0 Å². The number of Topliss-reactive ketones (excluding diaryl/α,β-unsaturated/α-hetero) is 1. The van der Waals surface area contributed by atoms with Crippen LogP contribution in [-0.4, -0.2) is 31.2 Å². The Bertz CT molecular complexity index is 526. The summed E-state index contributed by atoms with van der Waals surface area (Å²) in [6.45, 7) is 1.95. The van der Waals surface area contributed by atoms with Gasteiger partial charge in [0.15, 0.2) is 5.78 Å². The number of carbonyl (C=O) groups excluding carboxylic acids is 1. The van der Waals surface area contributed by atoms with Crippen LogP contribution in [0.25, 0.3) is 0 Å². The standard InChI is InChI=1S/C15H18BrNO3/c16-11-1-2-12(13(17)7-11)14(18)10-3-5-20-15(8-10)4-6-19-9-15/h1-2,7,10H,3-6,8-9,17H2. The van der Waals surface area contributed by atoms with E-state index in [9.17, 15) is 4.79 Å². The lowest BCUT2D eigenvalue weighted by atomic mass is 9.81. The van der Waals surface area contributed by atoms with Gasteiger partial charge in [0, 0.05) is 41.3 Å². The minimum Gasteiger partial charge on any atom is -0.398 e. The van der Waals surface area contributed by atoms with Crippen molar-refractivity contribution in [3.8, 4) is 0 Å². The highest BCUT2D eigenvalue weighted by molar-refractivity contribution is 9.10. The molecule has 1 spiro atoms. The smallest absolute Gasteiger partial charge is 0.168 e. The number of carbonyl (C=O) groups is 1. The summed E-state index contributed by atoms with van der Waals surface area (Å²) in [5.41, 5.74) is 6.87. The van der Waals surface area contributed by atoms with Crippen molar-refractivity contribution in [2.75, 3.05) is 25.6 Å². The maximum Gasteiger partial charge on any atom is 0.168 e. The van der Waals surface area contributed by atoms with E-state index in [1.54, 1.807) is 12.1 Å². The Morgan fingerprint density at radius 1 is 1.40 bits per heavy atom. The van der Waals surface area contributed by atoms with Gasteiger partial charge in [0.1, 0.15) is 0 Å². The number of hydrogen-bond acceptors (Lipinski definition) is 4. The van der Waals surface area contributed by atoms with E-state index in [-0.39, 0.29) is 17.3 Å². The van der Waals surface area contributed by atoms with Gasteiger partial charge in [-0.15, -0.1) is 0 Å². The molecular weight excluding hydrogens is 322 g/mol. The monoisotopic (exact) mass is 339 g/mol. The molecule has 20 heavy (non-hydrogen) atoms. The van der Waals surface area contributed by atoms with E-state index in [1.807, 2.05) is 6.07 Å². The maximum absolute atomic E-state index is 12.7. The van der Waals surface area contributed by atoms with Gasteiger partial charge in [0.25, 0.3) is 0 Å². The lowest BCUT2D eigenvalue weighted by Gasteiger charge is -2.36. The second kappa shape index (κ2) is 5.47. The Balaban J connectivity index is 1.79. The molecule has 108 valence electrons. The van der Waals surface area contributed by atoms with Gasteiger partial charge < -0.3 is 15.2 Å². The first-order valence-electron chi connectivity index (χ1n) is 6.91. The van der Waals surface area contributed by atoms with E-state index >= 15 is 0 Å². The maximum atomic E-state index is 12.7. The largest absolute Gasteiger partial charge is 0.398 e. The average molecular weight is 340 g/mol. The van der Waals surface area contributed by atoms with Crippen LogP contribution in [0.1, 0.15) is 29.6 Å². The third-order valence-electron chi connectivity index (χ3n) is 4.21. The third-order valence-corrected chi connectivity index (χ3v) is 4.70. The molecule has 0 amide bonds. The van der Waals surface area contributed by atoms with Crippen molar-refractivity contribution >= 4 is 27.4 Å². The molecule has 2 heterocycles. The van der Waals surface area contributed by atoms with E-state index < -0.39 is 0 Å². The molecule has 2 fully saturated rings. The Morgan fingerprint density at radius 3 is 2.95 bits per heavy atom. The highest BCUT2D eigenvalue weighted by Crippen LogP contribution is 2.37. The predicted octanol–water partition coefficient (Wildman–Crippen LogP) is 2.80. The number of nitrogens with two attached hydrogens (primary N) is 1. The third kappa shape index (κ3) is 2.62. The summed E-state index contributed by atoms with van der Waals surface area (Å²) in [4.78, 5) is 12.7. The lowest BCUT2D eigenvalue weighted by Crippen LogP contribution is -2.42. The van der Waals surface area contributed by atoms with Crippen LogP contribution in [0.4, 0.5) is 5.69 Å². The summed E-state index contributed by atoms with van der Waals surface area (Å²) in [6.07, 6.45) is 2.38. The van der Waals surface area contributed by atoms with Gasteiger partial charge in [-0.2, -0.15) is 0 Å². The summed E-state index contributed by atoms with van der Waals surface area (Å²) >= 11 is 3.36. The first-order chi connectivity index (χ1) is 9.60. The summed E-state index contributed by atoms with van der Waals surface area (Å²) in [5, 5.41) is 0. The molecule has 3 rings (SSSR count). The second-order valence-corrected chi connectivity index (χ2v) is 6.54. The normalized spacial score (nSPS) is 29.8. The first-order valence-corrected chi connectivity index (χ1v) is 7.70. The molecule has 2 saturated heterocycles. The van der Waals surface area contributed by atoms with E-state index in [1.165, 1.54) is 0 Å². The Hall–Kier alpha value is -0.910. The van der Waals surface area contributed by atoms with Crippen LogP contribution in [0.15, 0.2) is 22.7 Å². The van der Waals surface area contributed by atoms with Crippen LogP contribution >= 0.6 is 15.9 Å². The number of benzene rings is 1. The van der Waals surface area contributed by atoms with Crippen LogP contribution in [0.3, 0.4) is 0 Å².